The van der Waals surface area contributed by atoms with Crippen molar-refractivity contribution in [3.05, 3.63) is 0 Å². The number of hydrogen-bond donors (Lipinski definition) is 2. The van der Waals surface area contributed by atoms with Crippen molar-refractivity contribution >= 4 is 5.91 Å². The Kier molecular flexibility index (Phi) is 5.17. The molecular formula is C19H31N3O2. The third-order valence-electron chi connectivity index (χ3n) is 6.35. The van der Waals surface area contributed by atoms with E-state index in [9.17, 15) is 9.90 Å². The third-order valence-corrected chi connectivity index (χ3v) is 6.35. The molecule has 0 aromatic heterocycles. The summed E-state index contributed by atoms with van der Waals surface area (Å²) in [4.78, 5) is 14.0. The summed E-state index contributed by atoms with van der Waals surface area (Å²) in [7, 11) is 0. The second-order valence-corrected chi connectivity index (χ2v) is 8.65. The molecule has 2 saturated carbocycles. The van der Waals surface area contributed by atoms with E-state index >= 15 is 0 Å². The zero-order valence-corrected chi connectivity index (χ0v) is 15.0. The number of nitrogens with zero attached hydrogens (tertiary/aromatic N) is 2. The number of likely N-dealkylation sites (tertiary alicyclic amines) is 1. The van der Waals surface area contributed by atoms with Crippen molar-refractivity contribution in [3.8, 4) is 6.07 Å². The first kappa shape index (κ1) is 17.7. The smallest absolute Gasteiger partial charge is 0.237 e. The molecule has 1 saturated heterocycles. The maximum Gasteiger partial charge on any atom is 0.237 e. The number of carbonyl (C=O) groups is 1. The molecule has 2 aliphatic carbocycles. The lowest BCUT2D eigenvalue weighted by atomic mass is 9.77. The van der Waals surface area contributed by atoms with Crippen LogP contribution in [0.5, 0.6) is 0 Å². The van der Waals surface area contributed by atoms with E-state index in [-0.39, 0.29) is 11.9 Å². The van der Waals surface area contributed by atoms with E-state index in [0.29, 0.717) is 36.9 Å². The molecule has 5 heteroatoms. The van der Waals surface area contributed by atoms with Crippen molar-refractivity contribution in [2.24, 2.45) is 17.8 Å². The van der Waals surface area contributed by atoms with Crippen molar-refractivity contribution in [1.82, 2.24) is 10.2 Å². The standard InChI is InChI=1S/C19H31N3O2/c1-13(21-12-18(23)22-5-3-4-17(22)11-20)6-15-7-14-8-16(15)10-19(2,24)9-14/h13-17,21,24H,3-10,12H2,1-2H3. The second kappa shape index (κ2) is 7.01. The van der Waals surface area contributed by atoms with E-state index in [2.05, 4.69) is 18.3 Å². The van der Waals surface area contributed by atoms with E-state index in [1.54, 1.807) is 4.90 Å². The summed E-state index contributed by atoms with van der Waals surface area (Å²) in [6, 6.07) is 2.29. The van der Waals surface area contributed by atoms with Crippen molar-refractivity contribution in [1.29, 1.82) is 5.26 Å². The second-order valence-electron chi connectivity index (χ2n) is 8.65. The van der Waals surface area contributed by atoms with Gasteiger partial charge in [0.25, 0.3) is 0 Å². The van der Waals surface area contributed by atoms with Crippen molar-refractivity contribution in [2.45, 2.75) is 76.5 Å². The van der Waals surface area contributed by atoms with Gasteiger partial charge in [-0.05, 0) is 76.5 Å². The van der Waals surface area contributed by atoms with Gasteiger partial charge < -0.3 is 15.3 Å². The van der Waals surface area contributed by atoms with Crippen LogP contribution in [0.4, 0.5) is 0 Å². The molecule has 5 nitrogen and oxygen atoms in total. The molecule has 0 radical (unpaired) electrons. The Morgan fingerprint density at radius 3 is 3.00 bits per heavy atom. The Morgan fingerprint density at radius 2 is 2.25 bits per heavy atom. The van der Waals surface area contributed by atoms with Crippen LogP contribution in [-0.2, 0) is 4.79 Å². The fraction of sp³-hybridized carbons (Fsp3) is 0.895. The summed E-state index contributed by atoms with van der Waals surface area (Å²) in [5.41, 5.74) is -0.475. The lowest BCUT2D eigenvalue weighted by Crippen LogP contribution is -2.43. The number of aliphatic hydroxyl groups is 1. The fourth-order valence-corrected chi connectivity index (χ4v) is 5.41. The minimum absolute atomic E-state index is 0.0546. The fourth-order valence-electron chi connectivity index (χ4n) is 5.41. The summed E-state index contributed by atoms with van der Waals surface area (Å²) in [6.45, 7) is 5.18. The highest BCUT2D eigenvalue weighted by atomic mass is 16.3. The molecule has 1 heterocycles. The predicted molar refractivity (Wildman–Crippen MR) is 92.0 cm³/mol. The molecular weight excluding hydrogens is 302 g/mol. The summed E-state index contributed by atoms with van der Waals surface area (Å²) >= 11 is 0. The van der Waals surface area contributed by atoms with E-state index in [1.807, 2.05) is 6.92 Å². The molecule has 1 amide bonds. The number of rotatable bonds is 5. The van der Waals surface area contributed by atoms with Gasteiger partial charge in [-0.25, -0.2) is 0 Å². The molecule has 2 N–H and O–H groups in total. The van der Waals surface area contributed by atoms with Gasteiger partial charge in [-0.1, -0.05) is 0 Å². The first-order valence-corrected chi connectivity index (χ1v) is 9.53. The number of nitriles is 1. The zero-order chi connectivity index (χ0) is 17.3. The minimum atomic E-state index is -0.475. The van der Waals surface area contributed by atoms with Gasteiger partial charge in [0.15, 0.2) is 0 Å². The highest BCUT2D eigenvalue weighted by molar-refractivity contribution is 5.79. The van der Waals surface area contributed by atoms with Gasteiger partial charge >= 0.3 is 0 Å². The molecule has 1 aliphatic heterocycles. The number of fused-ring (bicyclic) bond motifs is 2. The van der Waals surface area contributed by atoms with Crippen LogP contribution in [0.25, 0.3) is 0 Å². The molecule has 3 fully saturated rings. The molecule has 0 aromatic rings. The van der Waals surface area contributed by atoms with Crippen molar-refractivity contribution in [2.75, 3.05) is 13.1 Å². The van der Waals surface area contributed by atoms with E-state index in [4.69, 9.17) is 5.26 Å². The molecule has 6 atom stereocenters. The topological polar surface area (TPSA) is 76.4 Å². The summed E-state index contributed by atoms with van der Waals surface area (Å²) in [5, 5.41) is 22.8. The lowest BCUT2D eigenvalue weighted by molar-refractivity contribution is -0.130. The minimum Gasteiger partial charge on any atom is -0.390 e. The van der Waals surface area contributed by atoms with Crippen LogP contribution in [-0.4, -0.2) is 46.7 Å². The zero-order valence-electron chi connectivity index (χ0n) is 15.0. The third kappa shape index (κ3) is 3.92. The van der Waals surface area contributed by atoms with Crippen LogP contribution in [0.2, 0.25) is 0 Å². The number of amides is 1. The van der Waals surface area contributed by atoms with Crippen LogP contribution >= 0.6 is 0 Å². The number of nitrogens with one attached hydrogen (secondary N) is 1. The first-order chi connectivity index (χ1) is 11.4. The Bertz CT molecular complexity index is 513. The average Bonchev–Trinajstić information content (AvgIpc) is 3.09. The Labute approximate surface area is 145 Å². The average molecular weight is 333 g/mol. The van der Waals surface area contributed by atoms with Crippen LogP contribution in [0.1, 0.15) is 58.8 Å². The van der Waals surface area contributed by atoms with Crippen molar-refractivity contribution < 1.29 is 9.90 Å². The molecule has 3 aliphatic rings. The molecule has 6 unspecified atom stereocenters. The van der Waals surface area contributed by atoms with Gasteiger partial charge in [-0.15, -0.1) is 0 Å². The molecule has 0 spiro atoms. The highest BCUT2D eigenvalue weighted by Gasteiger charge is 2.45. The van der Waals surface area contributed by atoms with Crippen LogP contribution in [0.15, 0.2) is 0 Å². The summed E-state index contributed by atoms with van der Waals surface area (Å²) in [5.74, 6) is 2.04. The van der Waals surface area contributed by atoms with Crippen molar-refractivity contribution in [3.63, 3.8) is 0 Å². The SMILES string of the molecule is CC(CC1CC2CC1CC(C)(O)C2)NCC(=O)N1CCCC1C#N. The van der Waals surface area contributed by atoms with Gasteiger partial charge in [-0.3, -0.25) is 4.79 Å². The summed E-state index contributed by atoms with van der Waals surface area (Å²) in [6.07, 6.45) is 7.19. The Balaban J connectivity index is 1.44. The van der Waals surface area contributed by atoms with E-state index in [1.165, 1.54) is 12.8 Å². The van der Waals surface area contributed by atoms with Gasteiger partial charge in [0.1, 0.15) is 6.04 Å². The van der Waals surface area contributed by atoms with Crippen LogP contribution in [0, 0.1) is 29.1 Å². The normalized spacial score (nSPS) is 39.7. The summed E-state index contributed by atoms with van der Waals surface area (Å²) < 4.78 is 0. The van der Waals surface area contributed by atoms with Gasteiger partial charge in [0.2, 0.25) is 5.91 Å². The number of hydrogen-bond acceptors (Lipinski definition) is 4. The van der Waals surface area contributed by atoms with Gasteiger partial charge in [0, 0.05) is 12.6 Å². The maximum atomic E-state index is 12.3. The molecule has 0 aromatic carbocycles. The van der Waals surface area contributed by atoms with Gasteiger partial charge in [-0.2, -0.15) is 5.26 Å². The Hall–Kier alpha value is -1.12. The molecule has 24 heavy (non-hydrogen) atoms. The molecule has 134 valence electrons. The van der Waals surface area contributed by atoms with Crippen LogP contribution < -0.4 is 5.32 Å². The van der Waals surface area contributed by atoms with Gasteiger partial charge in [0.05, 0.1) is 18.2 Å². The largest absolute Gasteiger partial charge is 0.390 e. The first-order valence-electron chi connectivity index (χ1n) is 9.53. The molecule has 3 rings (SSSR count). The maximum absolute atomic E-state index is 12.3. The highest BCUT2D eigenvalue weighted by Crippen LogP contribution is 2.50. The quantitative estimate of drug-likeness (QED) is 0.807. The lowest BCUT2D eigenvalue weighted by Gasteiger charge is -2.34. The monoisotopic (exact) mass is 333 g/mol. The van der Waals surface area contributed by atoms with E-state index in [0.717, 1.165) is 32.1 Å². The number of carbonyl (C=O) groups excluding carboxylic acids is 1. The predicted octanol–water partition coefficient (Wildman–Crippen LogP) is 2.06. The Morgan fingerprint density at radius 1 is 1.46 bits per heavy atom. The molecule has 2 bridgehead atoms. The van der Waals surface area contributed by atoms with Crippen LogP contribution in [0.3, 0.4) is 0 Å². The van der Waals surface area contributed by atoms with E-state index < -0.39 is 5.60 Å².